The van der Waals surface area contributed by atoms with Gasteiger partial charge in [-0.25, -0.2) is 4.79 Å². The quantitative estimate of drug-likeness (QED) is 0.643. The minimum atomic E-state index is -1.01. The number of nitrogens with one attached hydrogen (secondary N) is 1. The van der Waals surface area contributed by atoms with E-state index in [0.717, 1.165) is 24.8 Å². The second-order valence-corrected chi connectivity index (χ2v) is 7.29. The van der Waals surface area contributed by atoms with Gasteiger partial charge >= 0.3 is 5.97 Å². The van der Waals surface area contributed by atoms with Crippen LogP contribution in [0.3, 0.4) is 0 Å². The van der Waals surface area contributed by atoms with Crippen LogP contribution in [0, 0.1) is 0 Å². The maximum Gasteiger partial charge on any atom is 0.329 e. The summed E-state index contributed by atoms with van der Waals surface area (Å²) in [5.74, 6) is 0.144. The van der Waals surface area contributed by atoms with Crippen molar-refractivity contribution < 1.29 is 24.1 Å². The Kier molecular flexibility index (Phi) is 7.36. The van der Waals surface area contributed by atoms with Gasteiger partial charge in [0.1, 0.15) is 19.3 Å². The molecule has 0 spiro atoms. The van der Waals surface area contributed by atoms with Crippen LogP contribution in [-0.4, -0.2) is 77.5 Å². The third-order valence-corrected chi connectivity index (χ3v) is 3.96. The molecule has 0 bridgehead atoms. The molecular weight excluding hydrogens is 348 g/mol. The Bertz CT molecular complexity index is 542. The molecule has 1 aliphatic heterocycles. The molecule has 0 amide bonds. The number of carbonyl (C=O) groups is 1. The first-order valence-corrected chi connectivity index (χ1v) is 8.94. The van der Waals surface area contributed by atoms with Gasteiger partial charge in [-0.15, -0.1) is 4.37 Å². The molecule has 1 atom stereocenters. The van der Waals surface area contributed by atoms with Crippen LogP contribution in [-0.2, 0) is 14.3 Å². The van der Waals surface area contributed by atoms with Crippen molar-refractivity contribution in [3.8, 4) is 5.88 Å². The fourth-order valence-electron chi connectivity index (χ4n) is 2.18. The topological polar surface area (TPSA) is 106 Å². The number of carboxylic acid groups (broad SMARTS) is 1. The highest BCUT2D eigenvalue weighted by Crippen LogP contribution is 2.26. The molecule has 1 aromatic heterocycles. The summed E-state index contributed by atoms with van der Waals surface area (Å²) in [6.07, 6.45) is -0.408. The van der Waals surface area contributed by atoms with E-state index in [-0.39, 0.29) is 18.8 Å². The van der Waals surface area contributed by atoms with Gasteiger partial charge in [-0.3, -0.25) is 0 Å². The molecule has 10 heteroatoms. The average molecular weight is 374 g/mol. The molecule has 0 saturated carbocycles. The van der Waals surface area contributed by atoms with Crippen LogP contribution in [0.5, 0.6) is 5.88 Å². The van der Waals surface area contributed by atoms with Gasteiger partial charge in [-0.2, -0.15) is 4.37 Å². The van der Waals surface area contributed by atoms with Gasteiger partial charge in [0.05, 0.1) is 24.9 Å². The molecule has 0 aliphatic carbocycles. The summed E-state index contributed by atoms with van der Waals surface area (Å²) in [5, 5.41) is 12.1. The number of carboxylic acids is 1. The highest BCUT2D eigenvalue weighted by molar-refractivity contribution is 6.99. The molecule has 2 N–H and O–H groups in total. The minimum Gasteiger partial charge on any atom is -0.480 e. The maximum absolute atomic E-state index is 10.8. The zero-order valence-electron chi connectivity index (χ0n) is 14.9. The van der Waals surface area contributed by atoms with E-state index in [1.54, 1.807) is 0 Å². The molecule has 1 aromatic rings. The summed E-state index contributed by atoms with van der Waals surface area (Å²) in [4.78, 5) is 12.8. The van der Waals surface area contributed by atoms with Crippen LogP contribution >= 0.6 is 11.7 Å². The largest absolute Gasteiger partial charge is 0.480 e. The lowest BCUT2D eigenvalue weighted by atomic mass is 10.1. The van der Waals surface area contributed by atoms with E-state index in [2.05, 4.69) is 19.0 Å². The molecule has 0 radical (unpaired) electrons. The lowest BCUT2D eigenvalue weighted by Gasteiger charge is -2.27. The van der Waals surface area contributed by atoms with Crippen LogP contribution in [0.4, 0.5) is 5.82 Å². The van der Waals surface area contributed by atoms with E-state index in [9.17, 15) is 4.79 Å². The van der Waals surface area contributed by atoms with Gasteiger partial charge in [-0.05, 0) is 20.8 Å². The van der Waals surface area contributed by atoms with Gasteiger partial charge < -0.3 is 29.5 Å². The Morgan fingerprint density at radius 1 is 1.40 bits per heavy atom. The normalized spacial score (nSPS) is 16.7. The van der Waals surface area contributed by atoms with E-state index in [1.807, 2.05) is 20.8 Å². The smallest absolute Gasteiger partial charge is 0.329 e. The summed E-state index contributed by atoms with van der Waals surface area (Å²) in [7, 11) is 0. The van der Waals surface area contributed by atoms with Crippen LogP contribution in [0.25, 0.3) is 0 Å². The predicted octanol–water partition coefficient (Wildman–Crippen LogP) is 0.611. The SMILES string of the molecule is CC(C)(C)NC[C@@H](COc1nsnc1N1CCOCC1)OCC(=O)O. The van der Waals surface area contributed by atoms with Crippen LogP contribution in [0.1, 0.15) is 20.8 Å². The molecule has 142 valence electrons. The zero-order chi connectivity index (χ0) is 18.3. The zero-order valence-corrected chi connectivity index (χ0v) is 15.7. The number of morpholine rings is 1. The molecule has 2 heterocycles. The second kappa shape index (κ2) is 9.27. The van der Waals surface area contributed by atoms with Crippen LogP contribution in [0.15, 0.2) is 0 Å². The van der Waals surface area contributed by atoms with Crippen molar-refractivity contribution in [2.24, 2.45) is 0 Å². The monoisotopic (exact) mass is 374 g/mol. The number of ether oxygens (including phenoxy) is 3. The first kappa shape index (κ1) is 19.8. The summed E-state index contributed by atoms with van der Waals surface area (Å²) >= 11 is 1.09. The summed E-state index contributed by atoms with van der Waals surface area (Å²) in [6.45, 7) is 9.17. The number of nitrogens with zero attached hydrogens (tertiary/aromatic N) is 3. The van der Waals surface area contributed by atoms with Crippen molar-refractivity contribution in [3.63, 3.8) is 0 Å². The molecule has 1 aliphatic rings. The fraction of sp³-hybridized carbons (Fsp3) is 0.800. The lowest BCUT2D eigenvalue weighted by molar-refractivity contribution is -0.144. The van der Waals surface area contributed by atoms with E-state index in [1.165, 1.54) is 0 Å². The number of hydrogen-bond acceptors (Lipinski definition) is 9. The number of aliphatic carboxylic acids is 1. The molecule has 0 unspecified atom stereocenters. The highest BCUT2D eigenvalue weighted by atomic mass is 32.1. The van der Waals surface area contributed by atoms with Crippen molar-refractivity contribution in [1.29, 1.82) is 0 Å². The Labute approximate surface area is 151 Å². The van der Waals surface area contributed by atoms with Gasteiger partial charge in [0.2, 0.25) is 5.82 Å². The van der Waals surface area contributed by atoms with Crippen molar-refractivity contribution in [2.75, 3.05) is 51.0 Å². The van der Waals surface area contributed by atoms with E-state index < -0.39 is 12.1 Å². The Hall–Kier alpha value is -1.49. The standard InChI is InChI=1S/C15H26N4O5S/c1-15(2,3)16-8-11(23-10-12(20)21)9-24-14-13(17-25-18-14)19-4-6-22-7-5-19/h11,16H,4-10H2,1-3H3,(H,20,21)/t11-/m0/s1. The fourth-order valence-corrected chi connectivity index (χ4v) is 2.70. The predicted molar refractivity (Wildman–Crippen MR) is 93.6 cm³/mol. The molecule has 9 nitrogen and oxygen atoms in total. The van der Waals surface area contributed by atoms with Crippen molar-refractivity contribution >= 4 is 23.5 Å². The average Bonchev–Trinajstić information content (AvgIpc) is 3.02. The Morgan fingerprint density at radius 2 is 2.12 bits per heavy atom. The van der Waals surface area contributed by atoms with Gasteiger partial charge in [-0.1, -0.05) is 0 Å². The first-order valence-electron chi connectivity index (χ1n) is 8.21. The molecule has 25 heavy (non-hydrogen) atoms. The van der Waals surface area contributed by atoms with Crippen molar-refractivity contribution in [2.45, 2.75) is 32.4 Å². The maximum atomic E-state index is 10.8. The number of hydrogen-bond donors (Lipinski definition) is 2. The molecule has 1 fully saturated rings. The van der Waals surface area contributed by atoms with E-state index in [0.29, 0.717) is 31.5 Å². The van der Waals surface area contributed by atoms with Gasteiger partial charge in [0.25, 0.3) is 5.88 Å². The molecule has 0 aromatic carbocycles. The van der Waals surface area contributed by atoms with Gasteiger partial charge in [0.15, 0.2) is 0 Å². The first-order chi connectivity index (χ1) is 11.8. The Morgan fingerprint density at radius 3 is 2.76 bits per heavy atom. The minimum absolute atomic E-state index is 0.105. The third kappa shape index (κ3) is 7.10. The van der Waals surface area contributed by atoms with Gasteiger partial charge in [0, 0.05) is 25.2 Å². The number of anilines is 1. The van der Waals surface area contributed by atoms with E-state index in [4.69, 9.17) is 19.3 Å². The second-order valence-electron chi connectivity index (χ2n) is 6.76. The summed E-state index contributed by atoms with van der Waals surface area (Å²) < 4.78 is 25.1. The van der Waals surface area contributed by atoms with Crippen LogP contribution in [0.2, 0.25) is 0 Å². The summed E-state index contributed by atoms with van der Waals surface area (Å²) in [6, 6.07) is 0. The molecular formula is C15H26N4O5S. The van der Waals surface area contributed by atoms with Crippen molar-refractivity contribution in [1.82, 2.24) is 14.1 Å². The molecule has 2 rings (SSSR count). The lowest BCUT2D eigenvalue weighted by Crippen LogP contribution is -2.44. The third-order valence-electron chi connectivity index (χ3n) is 3.46. The van der Waals surface area contributed by atoms with E-state index >= 15 is 0 Å². The van der Waals surface area contributed by atoms with Crippen LogP contribution < -0.4 is 15.0 Å². The number of rotatable bonds is 9. The number of aromatic nitrogens is 2. The van der Waals surface area contributed by atoms with Crippen molar-refractivity contribution in [3.05, 3.63) is 0 Å². The Balaban J connectivity index is 1.92. The summed E-state index contributed by atoms with van der Waals surface area (Å²) in [5.41, 5.74) is -0.105. The highest BCUT2D eigenvalue weighted by Gasteiger charge is 2.22. The molecule has 1 saturated heterocycles.